The number of nitrogens with zero attached hydrogens (tertiary/aromatic N) is 3. The number of nitrogens with one attached hydrogen (secondary N) is 2. The van der Waals surface area contributed by atoms with Gasteiger partial charge in [0.25, 0.3) is 0 Å². The zero-order valence-electron chi connectivity index (χ0n) is 27.4. The fourth-order valence-electron chi connectivity index (χ4n) is 7.18. The van der Waals surface area contributed by atoms with Gasteiger partial charge in [0.2, 0.25) is 0 Å². The molecule has 1 aromatic carbocycles. The fourth-order valence-corrected chi connectivity index (χ4v) is 7.18. The second-order valence-electron chi connectivity index (χ2n) is 12.5. The van der Waals surface area contributed by atoms with Gasteiger partial charge in [0, 0.05) is 73.4 Å². The summed E-state index contributed by atoms with van der Waals surface area (Å²) in [5.41, 5.74) is 14.1. The van der Waals surface area contributed by atoms with Gasteiger partial charge in [-0.1, -0.05) is 12.1 Å². The molecule has 49 heavy (non-hydrogen) atoms. The van der Waals surface area contributed by atoms with Crippen molar-refractivity contribution in [1.29, 1.82) is 0 Å². The first-order chi connectivity index (χ1) is 23.3. The lowest BCUT2D eigenvalue weighted by Gasteiger charge is -2.56. The normalized spacial score (nSPS) is 25.2. The van der Waals surface area contributed by atoms with E-state index in [1.165, 1.54) is 32.1 Å². The number of imidazole rings is 2. The van der Waals surface area contributed by atoms with Crippen molar-refractivity contribution in [2.45, 2.75) is 75.3 Å². The van der Waals surface area contributed by atoms with E-state index in [9.17, 15) is 19.2 Å². The van der Waals surface area contributed by atoms with Crippen LogP contribution in [0.1, 0.15) is 42.8 Å². The summed E-state index contributed by atoms with van der Waals surface area (Å²) in [4.78, 5) is 59.2. The molecule has 2 bridgehead atoms. The number of carbonyl (C=O) groups excluding carboxylic acids is 2. The van der Waals surface area contributed by atoms with E-state index in [-0.39, 0.29) is 42.2 Å². The van der Waals surface area contributed by atoms with E-state index in [2.05, 4.69) is 44.0 Å². The van der Waals surface area contributed by atoms with Crippen molar-refractivity contribution in [3.63, 3.8) is 0 Å². The van der Waals surface area contributed by atoms with Crippen LogP contribution >= 0.6 is 0 Å². The lowest BCUT2D eigenvalue weighted by atomic mass is 9.53. The molecule has 2 aliphatic heterocycles. The molecule has 0 radical (unpaired) electrons. The molecule has 4 heterocycles. The number of carbonyl (C=O) groups is 4. The lowest BCUT2D eigenvalue weighted by molar-refractivity contribution is -0.152. The molecular formula is C33H41N7O9. The van der Waals surface area contributed by atoms with Crippen LogP contribution in [0.3, 0.4) is 0 Å². The summed E-state index contributed by atoms with van der Waals surface area (Å²) in [6.45, 7) is 3.77. The zero-order valence-corrected chi connectivity index (χ0v) is 27.4. The summed E-state index contributed by atoms with van der Waals surface area (Å²) >= 11 is 0. The molecule has 1 fully saturated rings. The Hall–Kier alpha value is -5.06. The Bertz CT molecular complexity index is 1640. The quantitative estimate of drug-likeness (QED) is 0.109. The first-order valence-electron chi connectivity index (χ1n) is 15.8. The van der Waals surface area contributed by atoms with E-state index in [4.69, 9.17) is 35.9 Å². The van der Waals surface area contributed by atoms with Gasteiger partial charge >= 0.3 is 23.9 Å². The highest BCUT2D eigenvalue weighted by molar-refractivity contribution is 5.74. The lowest BCUT2D eigenvalue weighted by Crippen LogP contribution is -2.65. The third-order valence-electron chi connectivity index (χ3n) is 9.29. The highest BCUT2D eigenvalue weighted by Crippen LogP contribution is 2.62. The Balaban J connectivity index is 0.000000176. The van der Waals surface area contributed by atoms with Crippen LogP contribution < -0.4 is 20.9 Å². The Labute approximate surface area is 281 Å². The molecule has 1 spiro atoms. The number of aliphatic carboxylic acids is 2. The standard InChI is InChI=1S/C21H23NO5.2C6H9N3O2/c1-11(23)25-16-6-4-13-10-15-14-5-7-17(26-12(2)24)20-21(14,8-9-22(15)3)18(13)19(16)27-20;2*7-5(6(10)11)1-4-2-8-3-9-4/h4-7,14-15,17,20H,8-10H2,1-3H3;2*2-3,5H,1,7H2,(H,8,9)(H,10,11)/t14-,15+,17-,20-,21-;2*5-/m010/s1. The van der Waals surface area contributed by atoms with Crippen LogP contribution in [0.25, 0.3) is 0 Å². The molecule has 3 aromatic rings. The fraction of sp³-hybridized carbons (Fsp3) is 0.455. The maximum Gasteiger partial charge on any atom is 0.320 e. The maximum absolute atomic E-state index is 11.7. The molecule has 0 saturated carbocycles. The topological polar surface area (TPSA) is 249 Å². The number of carboxylic acid groups (broad SMARTS) is 2. The largest absolute Gasteiger partial charge is 0.481 e. The minimum absolute atomic E-state index is 0.245. The van der Waals surface area contributed by atoms with Gasteiger partial charge in [-0.05, 0) is 44.1 Å². The average molecular weight is 680 g/mol. The highest BCUT2D eigenvalue weighted by Gasteiger charge is 2.65. The molecule has 2 aliphatic carbocycles. The molecule has 4 aliphatic rings. The number of likely N-dealkylation sites (N-methyl/N-ethyl adjacent to an activating group) is 1. The molecule has 262 valence electrons. The first-order valence-corrected chi connectivity index (χ1v) is 15.8. The predicted octanol–water partition coefficient (Wildman–Crippen LogP) is 0.717. The second kappa shape index (κ2) is 14.6. The number of rotatable bonds is 8. The van der Waals surface area contributed by atoms with Crippen molar-refractivity contribution in [2.75, 3.05) is 13.6 Å². The molecular weight excluding hydrogens is 638 g/mol. The number of nitrogens with two attached hydrogens (primary N) is 2. The van der Waals surface area contributed by atoms with E-state index >= 15 is 0 Å². The van der Waals surface area contributed by atoms with Gasteiger partial charge in [0.05, 0.1) is 12.7 Å². The number of aromatic amines is 2. The first kappa shape index (κ1) is 35.3. The van der Waals surface area contributed by atoms with Gasteiger partial charge in [-0.15, -0.1) is 0 Å². The summed E-state index contributed by atoms with van der Waals surface area (Å²) in [5, 5.41) is 16.8. The van der Waals surface area contributed by atoms with Crippen LogP contribution in [0, 0.1) is 5.92 Å². The monoisotopic (exact) mass is 679 g/mol. The van der Waals surface area contributed by atoms with Crippen molar-refractivity contribution in [3.8, 4) is 11.5 Å². The van der Waals surface area contributed by atoms with Crippen LogP contribution in [0.4, 0.5) is 0 Å². The minimum atomic E-state index is -1.00. The molecule has 7 rings (SSSR count). The minimum Gasteiger partial charge on any atom is -0.481 e. The van der Waals surface area contributed by atoms with Crippen LogP contribution in [0.5, 0.6) is 11.5 Å². The average Bonchev–Trinajstić information content (AvgIpc) is 3.81. The van der Waals surface area contributed by atoms with Gasteiger partial charge in [-0.25, -0.2) is 9.97 Å². The number of esters is 2. The summed E-state index contributed by atoms with van der Waals surface area (Å²) in [7, 11) is 2.17. The Morgan fingerprint density at radius 2 is 1.61 bits per heavy atom. The van der Waals surface area contributed by atoms with Crippen LogP contribution in [0.2, 0.25) is 0 Å². The van der Waals surface area contributed by atoms with Gasteiger partial charge < -0.3 is 50.8 Å². The number of hydrogen-bond donors (Lipinski definition) is 6. The van der Waals surface area contributed by atoms with Crippen molar-refractivity contribution in [3.05, 3.63) is 71.8 Å². The maximum atomic E-state index is 11.7. The number of ether oxygens (including phenoxy) is 3. The molecule has 0 amide bonds. The van der Waals surface area contributed by atoms with E-state index in [1.54, 1.807) is 12.4 Å². The van der Waals surface area contributed by atoms with Crippen molar-refractivity contribution in [1.82, 2.24) is 24.8 Å². The van der Waals surface area contributed by atoms with Crippen LogP contribution in [-0.2, 0) is 48.6 Å². The summed E-state index contributed by atoms with van der Waals surface area (Å²) in [6, 6.07) is 2.57. The number of piperidine rings is 1. The summed E-state index contributed by atoms with van der Waals surface area (Å²) in [6.07, 6.45) is 12.0. The van der Waals surface area contributed by atoms with E-state index < -0.39 is 30.1 Å². The molecule has 1 saturated heterocycles. The second-order valence-corrected chi connectivity index (χ2v) is 12.5. The van der Waals surface area contributed by atoms with Crippen molar-refractivity contribution in [2.24, 2.45) is 17.4 Å². The van der Waals surface area contributed by atoms with E-state index in [1.807, 2.05) is 12.1 Å². The van der Waals surface area contributed by atoms with E-state index in [0.29, 0.717) is 17.5 Å². The highest BCUT2D eigenvalue weighted by atomic mass is 16.6. The van der Waals surface area contributed by atoms with Gasteiger partial charge in [-0.3, -0.25) is 19.2 Å². The predicted molar refractivity (Wildman–Crippen MR) is 173 cm³/mol. The van der Waals surface area contributed by atoms with Gasteiger partial charge in [-0.2, -0.15) is 0 Å². The number of likely N-dealkylation sites (tertiary alicyclic amines) is 1. The molecule has 16 nitrogen and oxygen atoms in total. The van der Waals surface area contributed by atoms with E-state index in [0.717, 1.165) is 36.3 Å². The Morgan fingerprint density at radius 3 is 2.12 bits per heavy atom. The number of carboxylic acids is 2. The third kappa shape index (κ3) is 7.35. The SMILES string of the molecule is CC(=O)Oc1ccc2c3c1O[C@H]1[C@@H](OC(C)=O)C=C[C@H]4[C@@H](C2)N(C)CC[C@@]341.N[C@@H](Cc1cnc[nH]1)C(=O)O.N[C@H](Cc1cnc[nH]1)C(=O)O. The summed E-state index contributed by atoms with van der Waals surface area (Å²) < 4.78 is 17.5. The van der Waals surface area contributed by atoms with Crippen LogP contribution in [0.15, 0.2) is 49.3 Å². The molecule has 7 atom stereocenters. The number of aromatic nitrogens is 4. The number of H-pyrrole nitrogens is 2. The van der Waals surface area contributed by atoms with Crippen molar-refractivity contribution >= 4 is 23.9 Å². The van der Waals surface area contributed by atoms with Crippen LogP contribution in [-0.4, -0.2) is 103 Å². The Morgan fingerprint density at radius 1 is 1.00 bits per heavy atom. The number of hydrogen-bond acceptors (Lipinski definition) is 12. The zero-order chi connectivity index (χ0) is 35.5. The van der Waals surface area contributed by atoms with Crippen molar-refractivity contribution < 1.29 is 43.6 Å². The molecule has 16 heteroatoms. The molecule has 8 N–H and O–H groups in total. The summed E-state index contributed by atoms with van der Waals surface area (Å²) in [5.74, 6) is -1.29. The molecule has 0 unspecified atom stereocenters. The molecule has 2 aromatic heterocycles. The van der Waals surface area contributed by atoms with Gasteiger partial charge in [0.1, 0.15) is 18.2 Å². The third-order valence-corrected chi connectivity index (χ3v) is 9.29. The Kier molecular flexibility index (Phi) is 10.5. The smallest absolute Gasteiger partial charge is 0.320 e. The number of benzene rings is 1. The van der Waals surface area contributed by atoms with Gasteiger partial charge in [0.15, 0.2) is 17.6 Å².